The summed E-state index contributed by atoms with van der Waals surface area (Å²) in [7, 11) is 1.33. The molecular weight excluding hydrogens is 244 g/mol. The van der Waals surface area contributed by atoms with Gasteiger partial charge in [-0.1, -0.05) is 0 Å². The van der Waals surface area contributed by atoms with Gasteiger partial charge >= 0.3 is 5.97 Å². The van der Waals surface area contributed by atoms with Gasteiger partial charge in [-0.2, -0.15) is 0 Å². The molecule has 2 N–H and O–H groups in total. The summed E-state index contributed by atoms with van der Waals surface area (Å²) >= 11 is 0. The van der Waals surface area contributed by atoms with E-state index >= 15 is 0 Å². The molecule has 17 heavy (non-hydrogen) atoms. The van der Waals surface area contributed by atoms with Crippen LogP contribution < -0.4 is 10.6 Å². The maximum Gasteiger partial charge on any atom is 0.330 e. The summed E-state index contributed by atoms with van der Waals surface area (Å²) in [5.41, 5.74) is -0.934. The summed E-state index contributed by atoms with van der Waals surface area (Å²) in [6.07, 6.45) is 0. The van der Waals surface area contributed by atoms with Gasteiger partial charge in [-0.25, -0.2) is 4.79 Å². The first-order valence-corrected chi connectivity index (χ1v) is 5.58. The molecule has 0 aromatic heterocycles. The van der Waals surface area contributed by atoms with E-state index in [9.17, 15) is 9.59 Å². The third-order valence-electron chi connectivity index (χ3n) is 3.53. The van der Waals surface area contributed by atoms with Crippen LogP contribution in [0.15, 0.2) is 0 Å². The van der Waals surface area contributed by atoms with E-state index in [1.165, 1.54) is 7.11 Å². The zero-order chi connectivity index (χ0) is 11.9. The number of ether oxygens (including phenoxy) is 1. The molecule has 98 valence electrons. The molecule has 1 aliphatic heterocycles. The molecular formula is C11H19ClN2O3. The molecule has 1 aliphatic carbocycles. The van der Waals surface area contributed by atoms with E-state index in [0.717, 1.165) is 13.1 Å². The molecule has 0 radical (unpaired) electrons. The first-order valence-electron chi connectivity index (χ1n) is 5.58. The molecule has 1 saturated carbocycles. The van der Waals surface area contributed by atoms with Gasteiger partial charge in [0.05, 0.1) is 7.11 Å². The molecule has 3 atom stereocenters. The Bertz CT molecular complexity index is 323. The highest BCUT2D eigenvalue weighted by Gasteiger charge is 2.57. The predicted molar refractivity (Wildman–Crippen MR) is 64.8 cm³/mol. The largest absolute Gasteiger partial charge is 0.467 e. The fraction of sp³-hybridized carbons (Fsp3) is 0.818. The molecule has 1 unspecified atom stereocenters. The summed E-state index contributed by atoms with van der Waals surface area (Å²) in [6.45, 7) is 5.16. The highest BCUT2D eigenvalue weighted by Crippen LogP contribution is 2.48. The van der Waals surface area contributed by atoms with Crippen LogP contribution in [-0.4, -0.2) is 37.6 Å². The van der Waals surface area contributed by atoms with Crippen molar-refractivity contribution in [3.63, 3.8) is 0 Å². The Morgan fingerprint density at radius 1 is 1.29 bits per heavy atom. The molecule has 0 aromatic carbocycles. The number of nitrogens with one attached hydrogen (secondary N) is 2. The number of carbonyl (C=O) groups excluding carboxylic acids is 2. The van der Waals surface area contributed by atoms with Crippen LogP contribution in [0.2, 0.25) is 0 Å². The molecule has 0 bridgehead atoms. The molecule has 2 aliphatic rings. The van der Waals surface area contributed by atoms with Crippen LogP contribution in [0.25, 0.3) is 0 Å². The SMILES string of the molecule is COC(=O)C(C)(C)NC(=O)C1[C@H]2CNC[C@@H]12.Cl. The summed E-state index contributed by atoms with van der Waals surface area (Å²) in [5, 5.41) is 5.99. The van der Waals surface area contributed by atoms with Gasteiger partial charge in [-0.3, -0.25) is 4.79 Å². The maximum atomic E-state index is 11.9. The summed E-state index contributed by atoms with van der Waals surface area (Å²) in [6, 6.07) is 0. The minimum absolute atomic E-state index is 0. The molecule has 2 fully saturated rings. The van der Waals surface area contributed by atoms with Crippen molar-refractivity contribution in [3.8, 4) is 0 Å². The van der Waals surface area contributed by atoms with Crippen molar-refractivity contribution in [1.29, 1.82) is 0 Å². The topological polar surface area (TPSA) is 67.4 Å². The van der Waals surface area contributed by atoms with Crippen molar-refractivity contribution >= 4 is 24.3 Å². The number of hydrogen-bond acceptors (Lipinski definition) is 4. The van der Waals surface area contributed by atoms with E-state index < -0.39 is 11.5 Å². The smallest absolute Gasteiger partial charge is 0.330 e. The molecule has 0 aromatic rings. The lowest BCUT2D eigenvalue weighted by Crippen LogP contribution is -2.51. The fourth-order valence-electron chi connectivity index (χ4n) is 2.50. The second-order valence-electron chi connectivity index (χ2n) is 5.12. The minimum atomic E-state index is -0.934. The third kappa shape index (κ3) is 2.55. The van der Waals surface area contributed by atoms with E-state index in [-0.39, 0.29) is 24.2 Å². The quantitative estimate of drug-likeness (QED) is 0.700. The van der Waals surface area contributed by atoms with Crippen LogP contribution in [-0.2, 0) is 14.3 Å². The number of piperidine rings is 1. The van der Waals surface area contributed by atoms with Gasteiger partial charge in [0.1, 0.15) is 5.54 Å². The van der Waals surface area contributed by atoms with Gasteiger partial charge < -0.3 is 15.4 Å². The van der Waals surface area contributed by atoms with Crippen LogP contribution in [0, 0.1) is 17.8 Å². The molecule has 5 nitrogen and oxygen atoms in total. The molecule has 1 saturated heterocycles. The fourth-order valence-corrected chi connectivity index (χ4v) is 2.50. The summed E-state index contributed by atoms with van der Waals surface area (Å²) in [4.78, 5) is 23.3. The highest BCUT2D eigenvalue weighted by atomic mass is 35.5. The van der Waals surface area contributed by atoms with Crippen LogP contribution in [0.4, 0.5) is 0 Å². The Kier molecular flexibility index (Phi) is 4.04. The highest BCUT2D eigenvalue weighted by molar-refractivity contribution is 5.90. The van der Waals surface area contributed by atoms with Crippen molar-refractivity contribution in [2.24, 2.45) is 17.8 Å². The first kappa shape index (κ1) is 14.3. The standard InChI is InChI=1S/C11H18N2O3.ClH/c1-11(2,10(15)16-3)13-9(14)8-6-4-12-5-7(6)8;/h6-8,12H,4-5H2,1-3H3,(H,13,14);1H/t6-,7+,8?;. The predicted octanol–water partition coefficient (Wildman–Crippen LogP) is -0.0586. The van der Waals surface area contributed by atoms with Gasteiger partial charge in [0.2, 0.25) is 5.91 Å². The Morgan fingerprint density at radius 2 is 1.82 bits per heavy atom. The Balaban J connectivity index is 0.00000144. The maximum absolute atomic E-state index is 11.9. The number of rotatable bonds is 3. The lowest BCUT2D eigenvalue weighted by atomic mass is 10.1. The Hall–Kier alpha value is -0.810. The van der Waals surface area contributed by atoms with Crippen LogP contribution in [0.1, 0.15) is 13.8 Å². The van der Waals surface area contributed by atoms with Crippen molar-refractivity contribution < 1.29 is 14.3 Å². The normalized spacial score (nSPS) is 29.9. The first-order chi connectivity index (χ1) is 7.47. The summed E-state index contributed by atoms with van der Waals surface area (Å²) in [5.74, 6) is 0.587. The number of fused-ring (bicyclic) bond motifs is 1. The van der Waals surface area contributed by atoms with Crippen molar-refractivity contribution in [1.82, 2.24) is 10.6 Å². The molecule has 1 heterocycles. The van der Waals surface area contributed by atoms with Crippen LogP contribution in [0.5, 0.6) is 0 Å². The lowest BCUT2D eigenvalue weighted by Gasteiger charge is -2.23. The van der Waals surface area contributed by atoms with Gasteiger partial charge in [-0.05, 0) is 38.8 Å². The van der Waals surface area contributed by atoms with Crippen LogP contribution >= 0.6 is 12.4 Å². The Labute approximate surface area is 107 Å². The van der Waals surface area contributed by atoms with Crippen molar-refractivity contribution in [3.05, 3.63) is 0 Å². The van der Waals surface area contributed by atoms with E-state index in [4.69, 9.17) is 0 Å². The van der Waals surface area contributed by atoms with Gasteiger partial charge in [0.15, 0.2) is 0 Å². The van der Waals surface area contributed by atoms with E-state index in [1.54, 1.807) is 13.8 Å². The minimum Gasteiger partial charge on any atom is -0.467 e. The average Bonchev–Trinajstić information content (AvgIpc) is 2.72. The van der Waals surface area contributed by atoms with Crippen LogP contribution in [0.3, 0.4) is 0 Å². The Morgan fingerprint density at radius 3 is 2.29 bits per heavy atom. The third-order valence-corrected chi connectivity index (χ3v) is 3.53. The number of esters is 1. The van der Waals surface area contributed by atoms with Crippen molar-refractivity contribution in [2.45, 2.75) is 19.4 Å². The average molecular weight is 263 g/mol. The zero-order valence-corrected chi connectivity index (χ0v) is 11.1. The van der Waals surface area contributed by atoms with Crippen molar-refractivity contribution in [2.75, 3.05) is 20.2 Å². The van der Waals surface area contributed by atoms with Gasteiger partial charge in [-0.15, -0.1) is 12.4 Å². The number of hydrogen-bond donors (Lipinski definition) is 2. The number of carbonyl (C=O) groups is 2. The molecule has 0 spiro atoms. The monoisotopic (exact) mass is 262 g/mol. The molecule has 6 heteroatoms. The second kappa shape index (κ2) is 4.82. The molecule has 2 rings (SSSR count). The zero-order valence-electron chi connectivity index (χ0n) is 10.3. The van der Waals surface area contributed by atoms with E-state index in [2.05, 4.69) is 15.4 Å². The van der Waals surface area contributed by atoms with Gasteiger partial charge in [0, 0.05) is 5.92 Å². The lowest BCUT2D eigenvalue weighted by molar-refractivity contribution is -0.149. The van der Waals surface area contributed by atoms with E-state index in [0.29, 0.717) is 11.8 Å². The molecule has 1 amide bonds. The summed E-state index contributed by atoms with van der Waals surface area (Å²) < 4.78 is 4.64. The number of methoxy groups -OCH3 is 1. The number of halogens is 1. The second-order valence-corrected chi connectivity index (χ2v) is 5.12. The van der Waals surface area contributed by atoms with E-state index in [1.807, 2.05) is 0 Å². The number of amides is 1. The van der Waals surface area contributed by atoms with Gasteiger partial charge in [0.25, 0.3) is 0 Å².